The fraction of sp³-hybridized carbons (Fsp3) is 0.162. The van der Waals surface area contributed by atoms with Crippen LogP contribution in [0.4, 0.5) is 0 Å². The molecule has 4 aromatic carbocycles. The molecule has 0 saturated carbocycles. The molecule has 240 valence electrons. The van der Waals surface area contributed by atoms with Gasteiger partial charge >= 0.3 is 0 Å². The number of carbonyl (C=O) groups excluding carboxylic acids is 7. The molecule has 0 spiro atoms. The van der Waals surface area contributed by atoms with Crippen molar-refractivity contribution in [1.82, 2.24) is 10.6 Å². The van der Waals surface area contributed by atoms with Crippen molar-refractivity contribution in [3.63, 3.8) is 0 Å². The van der Waals surface area contributed by atoms with E-state index in [1.807, 2.05) is 12.1 Å². The van der Waals surface area contributed by atoms with Crippen LogP contribution in [0.5, 0.6) is 0 Å². The highest BCUT2D eigenvalue weighted by Gasteiger charge is 2.45. The van der Waals surface area contributed by atoms with Gasteiger partial charge in [0.2, 0.25) is 11.8 Å². The van der Waals surface area contributed by atoms with Gasteiger partial charge in [0.1, 0.15) is 0 Å². The third-order valence-corrected chi connectivity index (χ3v) is 8.87. The Labute approximate surface area is 284 Å². The Morgan fingerprint density at radius 1 is 0.521 bits per heavy atom. The largest absolute Gasteiger partial charge is 0.355 e. The Hall–Kier alpha value is -5.25. The Balaban J connectivity index is 1.12. The van der Waals surface area contributed by atoms with E-state index < -0.39 is 52.6 Å². The first kappa shape index (κ1) is 32.7. The van der Waals surface area contributed by atoms with E-state index in [2.05, 4.69) is 10.6 Å². The molecule has 0 bridgehead atoms. The van der Waals surface area contributed by atoms with Crippen LogP contribution in [0.3, 0.4) is 0 Å². The smallest absolute Gasteiger partial charge is 0.238 e. The quantitative estimate of drug-likeness (QED) is 0.179. The van der Waals surface area contributed by atoms with Gasteiger partial charge in [0.05, 0.1) is 0 Å². The molecule has 2 aliphatic rings. The summed E-state index contributed by atoms with van der Waals surface area (Å²) in [7, 11) is 0. The van der Waals surface area contributed by atoms with Gasteiger partial charge in [0.15, 0.2) is 40.8 Å². The SMILES string of the molecule is O=C(c1ccc2c(c1)C(=O)C(C(=O)NCCc1cccc(Cl)c1)C2=O)c1ccc2c(c1)C(=O)C(C(=O)NCCc1cccc(Cl)c1)C2=O. The summed E-state index contributed by atoms with van der Waals surface area (Å²) in [6.45, 7) is 0.364. The Morgan fingerprint density at radius 2 is 0.917 bits per heavy atom. The number of ketones is 5. The van der Waals surface area contributed by atoms with Crippen LogP contribution in [0.2, 0.25) is 10.0 Å². The van der Waals surface area contributed by atoms with Crippen molar-refractivity contribution in [3.8, 4) is 0 Å². The number of benzene rings is 4. The second-order valence-electron chi connectivity index (χ2n) is 11.5. The summed E-state index contributed by atoms with van der Waals surface area (Å²) in [5, 5.41) is 6.36. The van der Waals surface area contributed by atoms with Gasteiger partial charge in [-0.1, -0.05) is 59.6 Å². The molecule has 0 radical (unpaired) electrons. The molecule has 48 heavy (non-hydrogen) atoms. The van der Waals surface area contributed by atoms with E-state index >= 15 is 0 Å². The summed E-state index contributed by atoms with van der Waals surface area (Å²) >= 11 is 12.0. The number of amides is 2. The van der Waals surface area contributed by atoms with Crippen LogP contribution in [0.15, 0.2) is 84.9 Å². The van der Waals surface area contributed by atoms with Crippen molar-refractivity contribution in [2.45, 2.75) is 12.8 Å². The molecule has 2 N–H and O–H groups in total. The van der Waals surface area contributed by atoms with Crippen LogP contribution in [-0.2, 0) is 22.4 Å². The molecule has 0 saturated heterocycles. The van der Waals surface area contributed by atoms with Crippen molar-refractivity contribution in [3.05, 3.63) is 139 Å². The highest BCUT2D eigenvalue weighted by molar-refractivity contribution is 6.37. The Kier molecular flexibility index (Phi) is 9.17. The number of Topliss-reactive ketones (excluding diaryl/α,β-unsaturated/α-hetero) is 4. The van der Waals surface area contributed by atoms with E-state index in [-0.39, 0.29) is 46.5 Å². The maximum atomic E-state index is 13.5. The van der Waals surface area contributed by atoms with Gasteiger partial charge in [0.25, 0.3) is 0 Å². The second kappa shape index (κ2) is 13.5. The molecule has 2 aliphatic carbocycles. The fourth-order valence-corrected chi connectivity index (χ4v) is 6.39. The lowest BCUT2D eigenvalue weighted by Gasteiger charge is -2.09. The van der Waals surface area contributed by atoms with Crippen LogP contribution in [0.1, 0.15) is 68.5 Å². The van der Waals surface area contributed by atoms with E-state index in [0.29, 0.717) is 22.9 Å². The molecule has 11 heteroatoms. The zero-order chi connectivity index (χ0) is 34.1. The number of rotatable bonds is 10. The Morgan fingerprint density at radius 3 is 1.31 bits per heavy atom. The number of nitrogens with one attached hydrogen (secondary N) is 2. The lowest BCUT2D eigenvalue weighted by molar-refractivity contribution is -0.123. The molecule has 0 fully saturated rings. The average Bonchev–Trinajstić information content (AvgIpc) is 3.47. The predicted molar refractivity (Wildman–Crippen MR) is 177 cm³/mol. The van der Waals surface area contributed by atoms with Gasteiger partial charge in [-0.15, -0.1) is 0 Å². The summed E-state index contributed by atoms with van der Waals surface area (Å²) in [6, 6.07) is 22.1. The van der Waals surface area contributed by atoms with Crippen LogP contribution in [0, 0.1) is 11.8 Å². The maximum Gasteiger partial charge on any atom is 0.238 e. The molecule has 4 aromatic rings. The van der Waals surface area contributed by atoms with Gasteiger partial charge in [-0.05, 0) is 72.5 Å². The highest BCUT2D eigenvalue weighted by atomic mass is 35.5. The van der Waals surface area contributed by atoms with Gasteiger partial charge in [-0.25, -0.2) is 0 Å². The topological polar surface area (TPSA) is 144 Å². The normalized spacial score (nSPS) is 16.5. The summed E-state index contributed by atoms with van der Waals surface area (Å²) in [6.07, 6.45) is 0.883. The molecule has 0 heterocycles. The maximum absolute atomic E-state index is 13.5. The predicted octanol–water partition coefficient (Wildman–Crippen LogP) is 4.93. The van der Waals surface area contributed by atoms with Crippen LogP contribution < -0.4 is 10.6 Å². The van der Waals surface area contributed by atoms with E-state index in [9.17, 15) is 33.6 Å². The molecule has 0 aliphatic heterocycles. The minimum atomic E-state index is -1.57. The molecule has 2 unspecified atom stereocenters. The van der Waals surface area contributed by atoms with Gasteiger partial charge < -0.3 is 10.6 Å². The van der Waals surface area contributed by atoms with Crippen molar-refractivity contribution in [1.29, 1.82) is 0 Å². The molecule has 2 atom stereocenters. The lowest BCUT2D eigenvalue weighted by Crippen LogP contribution is -2.37. The summed E-state index contributed by atoms with van der Waals surface area (Å²) in [4.78, 5) is 91.7. The number of fused-ring (bicyclic) bond motifs is 2. The highest BCUT2D eigenvalue weighted by Crippen LogP contribution is 2.31. The minimum Gasteiger partial charge on any atom is -0.355 e. The molecule has 2 amide bonds. The molecule has 0 aromatic heterocycles. The van der Waals surface area contributed by atoms with Crippen molar-refractivity contribution in [2.24, 2.45) is 11.8 Å². The van der Waals surface area contributed by atoms with Crippen molar-refractivity contribution in [2.75, 3.05) is 13.1 Å². The zero-order valence-electron chi connectivity index (χ0n) is 25.2. The van der Waals surface area contributed by atoms with Crippen LogP contribution in [0.25, 0.3) is 0 Å². The third kappa shape index (κ3) is 6.34. The monoisotopic (exact) mass is 680 g/mol. The molecule has 6 rings (SSSR count). The minimum absolute atomic E-state index is 0.0329. The van der Waals surface area contributed by atoms with Gasteiger partial charge in [-0.3, -0.25) is 33.6 Å². The fourth-order valence-electron chi connectivity index (χ4n) is 5.96. The summed E-state index contributed by atoms with van der Waals surface area (Å²) < 4.78 is 0. The van der Waals surface area contributed by atoms with Crippen LogP contribution >= 0.6 is 23.2 Å². The average molecular weight is 682 g/mol. The number of hydrogen-bond acceptors (Lipinski definition) is 7. The van der Waals surface area contributed by atoms with E-state index in [1.165, 1.54) is 36.4 Å². The number of carbonyl (C=O) groups is 7. The number of hydrogen-bond donors (Lipinski definition) is 2. The zero-order valence-corrected chi connectivity index (χ0v) is 26.7. The Bertz CT molecular complexity index is 1930. The summed E-state index contributed by atoms with van der Waals surface area (Å²) in [5.74, 6) is -7.94. The van der Waals surface area contributed by atoms with Crippen LogP contribution in [-0.4, -0.2) is 53.8 Å². The van der Waals surface area contributed by atoms with E-state index in [1.54, 1.807) is 36.4 Å². The standard InChI is InChI=1S/C37H26Cl2N2O7/c38-23-5-1-3-19(15-23)11-13-40-36(47)29-32(43)25-9-7-21(17-27(25)34(29)45)31(42)22-8-10-26-28(18-22)35(46)30(33(26)44)37(48)41-14-12-20-4-2-6-24(39)16-20/h1-10,15-18,29-30H,11-14H2,(H,40,47)(H,41,48). The third-order valence-electron chi connectivity index (χ3n) is 8.40. The lowest BCUT2D eigenvalue weighted by atomic mass is 9.96. The van der Waals surface area contributed by atoms with E-state index in [4.69, 9.17) is 23.2 Å². The molecular weight excluding hydrogens is 655 g/mol. The first-order chi connectivity index (χ1) is 23.0. The van der Waals surface area contributed by atoms with Gasteiger partial charge in [-0.2, -0.15) is 0 Å². The second-order valence-corrected chi connectivity index (χ2v) is 12.4. The molecule has 9 nitrogen and oxygen atoms in total. The van der Waals surface area contributed by atoms with Gasteiger partial charge in [0, 0.05) is 56.5 Å². The first-order valence-electron chi connectivity index (χ1n) is 15.1. The van der Waals surface area contributed by atoms with Crippen molar-refractivity contribution >= 4 is 63.9 Å². The van der Waals surface area contributed by atoms with Crippen molar-refractivity contribution < 1.29 is 33.6 Å². The first-order valence-corrected chi connectivity index (χ1v) is 15.8. The summed E-state index contributed by atoms with van der Waals surface area (Å²) in [5.41, 5.74) is 1.80. The molecular formula is C37H26Cl2N2O7. The van der Waals surface area contributed by atoms with E-state index in [0.717, 1.165) is 11.1 Å². The number of halogens is 2.